The van der Waals surface area contributed by atoms with Crippen LogP contribution in [0.15, 0.2) is 52.4 Å². The van der Waals surface area contributed by atoms with E-state index >= 15 is 0 Å². The lowest BCUT2D eigenvalue weighted by atomic mass is 10.2. The number of imidazole rings is 1. The average molecular weight is 545 g/mol. The van der Waals surface area contributed by atoms with Crippen LogP contribution in [0.5, 0.6) is 0 Å². The van der Waals surface area contributed by atoms with Gasteiger partial charge < -0.3 is 14.8 Å². The van der Waals surface area contributed by atoms with Crippen molar-refractivity contribution in [1.82, 2.24) is 28.7 Å². The second-order valence-electron chi connectivity index (χ2n) is 10.3. The number of rotatable bonds is 8. The Morgan fingerprint density at radius 3 is 2.62 bits per heavy atom. The number of aromatic nitrogens is 6. The van der Waals surface area contributed by atoms with Crippen LogP contribution in [0, 0.1) is 5.92 Å². The Morgan fingerprint density at radius 2 is 1.95 bits per heavy atom. The van der Waals surface area contributed by atoms with Crippen LogP contribution in [0.1, 0.15) is 39.7 Å². The van der Waals surface area contributed by atoms with Crippen molar-refractivity contribution < 1.29 is 9.59 Å². The molecule has 0 saturated carbocycles. The summed E-state index contributed by atoms with van der Waals surface area (Å²) in [5.41, 5.74) is 0.370. The van der Waals surface area contributed by atoms with Crippen LogP contribution >= 0.6 is 0 Å². The SMILES string of the molecule is CCC(=O)Cn1c(=O)c2c(ncn2[C@@H](C)C(=O)Nc2cccc(-c3ccc(N4CCC(C)C4)nc3)n2)n(C)c1=O. The van der Waals surface area contributed by atoms with Crippen LogP contribution < -0.4 is 21.5 Å². The first-order chi connectivity index (χ1) is 19.2. The molecule has 0 radical (unpaired) electrons. The predicted molar refractivity (Wildman–Crippen MR) is 151 cm³/mol. The van der Waals surface area contributed by atoms with Crippen LogP contribution in [-0.4, -0.2) is 53.4 Å². The lowest BCUT2D eigenvalue weighted by molar-refractivity contribution is -0.120. The van der Waals surface area contributed by atoms with Gasteiger partial charge in [-0.25, -0.2) is 19.7 Å². The van der Waals surface area contributed by atoms with Gasteiger partial charge in [-0.2, -0.15) is 0 Å². The molecule has 2 atom stereocenters. The third-order valence-corrected chi connectivity index (χ3v) is 7.38. The number of carbonyl (C=O) groups excluding carboxylic acids is 2. The van der Waals surface area contributed by atoms with Crippen molar-refractivity contribution in [2.75, 3.05) is 23.3 Å². The van der Waals surface area contributed by atoms with E-state index in [0.717, 1.165) is 35.5 Å². The van der Waals surface area contributed by atoms with Crippen molar-refractivity contribution in [1.29, 1.82) is 0 Å². The molecule has 1 saturated heterocycles. The standard InChI is InChI=1S/C28H32N8O4/c1-5-20(37)15-35-27(39)24-25(33(4)28(35)40)30-16-36(24)18(3)26(38)32-22-8-6-7-21(31-22)19-9-10-23(29-13-19)34-12-11-17(2)14-34/h6-10,13,16-18H,5,11-12,14-15H2,1-4H3,(H,31,32,38)/t17?,18-/m0/s1. The quantitative estimate of drug-likeness (QED) is 0.357. The molecule has 5 heterocycles. The van der Waals surface area contributed by atoms with Gasteiger partial charge in [0.05, 0.1) is 18.6 Å². The number of aryl methyl sites for hydroxylation is 1. The van der Waals surface area contributed by atoms with Gasteiger partial charge in [0.2, 0.25) is 5.91 Å². The fourth-order valence-electron chi connectivity index (χ4n) is 4.90. The number of ketones is 1. The minimum Gasteiger partial charge on any atom is -0.356 e. The van der Waals surface area contributed by atoms with E-state index in [-0.39, 0.29) is 29.9 Å². The number of fused-ring (bicyclic) bond motifs is 1. The van der Waals surface area contributed by atoms with Gasteiger partial charge in [0.25, 0.3) is 5.56 Å². The van der Waals surface area contributed by atoms with Crippen LogP contribution in [-0.2, 0) is 23.2 Å². The minimum atomic E-state index is -0.861. The Morgan fingerprint density at radius 1 is 1.15 bits per heavy atom. The van der Waals surface area contributed by atoms with Crippen molar-refractivity contribution >= 4 is 34.5 Å². The second kappa shape index (κ2) is 10.9. The van der Waals surface area contributed by atoms with Crippen molar-refractivity contribution in [3.8, 4) is 11.3 Å². The van der Waals surface area contributed by atoms with Crippen molar-refractivity contribution in [2.45, 2.75) is 46.2 Å². The van der Waals surface area contributed by atoms with Gasteiger partial charge in [0.15, 0.2) is 16.9 Å². The highest BCUT2D eigenvalue weighted by Gasteiger charge is 2.24. The number of pyridine rings is 2. The number of carbonyl (C=O) groups is 2. The predicted octanol–water partition coefficient (Wildman–Crippen LogP) is 2.38. The van der Waals surface area contributed by atoms with E-state index in [9.17, 15) is 19.2 Å². The van der Waals surface area contributed by atoms with Gasteiger partial charge in [-0.1, -0.05) is 19.9 Å². The van der Waals surface area contributed by atoms with Gasteiger partial charge in [-0.15, -0.1) is 0 Å². The van der Waals surface area contributed by atoms with Gasteiger partial charge in [0.1, 0.15) is 17.7 Å². The molecule has 1 unspecified atom stereocenters. The summed E-state index contributed by atoms with van der Waals surface area (Å²) in [4.78, 5) is 66.9. The summed E-state index contributed by atoms with van der Waals surface area (Å²) in [7, 11) is 1.47. The molecule has 4 aromatic heterocycles. The number of anilines is 2. The summed E-state index contributed by atoms with van der Waals surface area (Å²) in [5, 5.41) is 2.81. The topological polar surface area (TPSA) is 137 Å². The molecule has 0 aromatic carbocycles. The normalized spacial score (nSPS) is 15.9. The fraction of sp³-hybridized carbons (Fsp3) is 0.393. The van der Waals surface area contributed by atoms with Crippen molar-refractivity contribution in [3.63, 3.8) is 0 Å². The summed E-state index contributed by atoms with van der Waals surface area (Å²) < 4.78 is 3.49. The summed E-state index contributed by atoms with van der Waals surface area (Å²) >= 11 is 0. The van der Waals surface area contributed by atoms with E-state index in [1.165, 1.54) is 22.5 Å². The molecule has 1 amide bonds. The maximum Gasteiger partial charge on any atom is 0.332 e. The van der Waals surface area contributed by atoms with E-state index < -0.39 is 23.2 Å². The number of nitrogens with zero attached hydrogens (tertiary/aromatic N) is 7. The first-order valence-corrected chi connectivity index (χ1v) is 13.3. The van der Waals surface area contributed by atoms with Gasteiger partial charge in [0, 0.05) is 38.3 Å². The summed E-state index contributed by atoms with van der Waals surface area (Å²) in [6, 6.07) is 8.42. The van der Waals surface area contributed by atoms with E-state index in [1.807, 2.05) is 18.2 Å². The second-order valence-corrected chi connectivity index (χ2v) is 10.3. The van der Waals surface area contributed by atoms with Crippen LogP contribution in [0.3, 0.4) is 0 Å². The number of Topliss-reactive ketones (excluding diaryl/α,β-unsaturated/α-hetero) is 1. The Bertz CT molecular complexity index is 1700. The molecule has 0 aliphatic carbocycles. The number of amides is 1. The number of hydrogen-bond acceptors (Lipinski definition) is 8. The molecule has 5 rings (SSSR count). The van der Waals surface area contributed by atoms with E-state index in [0.29, 0.717) is 17.4 Å². The molecule has 4 aromatic rings. The Hall–Kier alpha value is -4.61. The third-order valence-electron chi connectivity index (χ3n) is 7.38. The third kappa shape index (κ3) is 5.04. The lowest BCUT2D eigenvalue weighted by Crippen LogP contribution is -2.41. The van der Waals surface area contributed by atoms with Gasteiger partial charge in [-0.3, -0.25) is 23.5 Å². The molecule has 1 aliphatic heterocycles. The van der Waals surface area contributed by atoms with Gasteiger partial charge in [-0.05, 0) is 43.5 Å². The highest BCUT2D eigenvalue weighted by Crippen LogP contribution is 2.25. The van der Waals surface area contributed by atoms with Crippen molar-refractivity contribution in [3.05, 3.63) is 63.7 Å². The zero-order valence-corrected chi connectivity index (χ0v) is 23.0. The lowest BCUT2D eigenvalue weighted by Gasteiger charge is -2.17. The molecule has 12 heteroatoms. The average Bonchev–Trinajstić information content (AvgIpc) is 3.61. The van der Waals surface area contributed by atoms with Crippen molar-refractivity contribution in [2.24, 2.45) is 13.0 Å². The molecule has 40 heavy (non-hydrogen) atoms. The Kier molecular flexibility index (Phi) is 7.33. The highest BCUT2D eigenvalue weighted by molar-refractivity contribution is 5.93. The molecular formula is C28H32N8O4. The molecule has 208 valence electrons. The zero-order chi connectivity index (χ0) is 28.6. The van der Waals surface area contributed by atoms with Crippen LogP contribution in [0.4, 0.5) is 11.6 Å². The molecule has 1 fully saturated rings. The molecule has 0 spiro atoms. The maximum absolute atomic E-state index is 13.2. The maximum atomic E-state index is 13.2. The molecule has 0 bridgehead atoms. The summed E-state index contributed by atoms with van der Waals surface area (Å²) in [6.45, 7) is 7.18. The fourth-order valence-corrected chi connectivity index (χ4v) is 4.90. The first-order valence-electron chi connectivity index (χ1n) is 13.3. The number of hydrogen-bond donors (Lipinski definition) is 1. The van der Waals surface area contributed by atoms with E-state index in [2.05, 4.69) is 32.1 Å². The highest BCUT2D eigenvalue weighted by atomic mass is 16.2. The Labute approximate surface area is 230 Å². The molecular weight excluding hydrogens is 512 g/mol. The molecule has 12 nitrogen and oxygen atoms in total. The van der Waals surface area contributed by atoms with Gasteiger partial charge >= 0.3 is 5.69 Å². The molecule has 1 N–H and O–H groups in total. The minimum absolute atomic E-state index is 0.0638. The van der Waals surface area contributed by atoms with Crippen LogP contribution in [0.25, 0.3) is 22.4 Å². The molecule has 1 aliphatic rings. The van der Waals surface area contributed by atoms with E-state index in [1.54, 1.807) is 32.2 Å². The van der Waals surface area contributed by atoms with E-state index in [4.69, 9.17) is 0 Å². The largest absolute Gasteiger partial charge is 0.356 e. The number of nitrogens with one attached hydrogen (secondary N) is 1. The zero-order valence-electron chi connectivity index (χ0n) is 23.0. The Balaban J connectivity index is 1.38. The summed E-state index contributed by atoms with van der Waals surface area (Å²) in [5.74, 6) is 1.26. The summed E-state index contributed by atoms with van der Waals surface area (Å²) in [6.07, 6.45) is 4.48. The smallest absolute Gasteiger partial charge is 0.332 e. The first kappa shape index (κ1) is 27.0. The van der Waals surface area contributed by atoms with Crippen LogP contribution in [0.2, 0.25) is 0 Å². The monoisotopic (exact) mass is 544 g/mol.